The van der Waals surface area contributed by atoms with Crippen LogP contribution in [-0.4, -0.2) is 32.2 Å². The fourth-order valence-corrected chi connectivity index (χ4v) is 1.86. The maximum Gasteiger partial charge on any atom is 0.140 e. The normalized spacial score (nSPS) is 10.2. The average molecular weight is 248 g/mol. The van der Waals surface area contributed by atoms with Crippen LogP contribution in [0, 0.1) is 11.3 Å². The summed E-state index contributed by atoms with van der Waals surface area (Å²) in [6.07, 6.45) is 0. The quantitative estimate of drug-likeness (QED) is 0.775. The van der Waals surface area contributed by atoms with Crippen molar-refractivity contribution in [1.82, 2.24) is 4.90 Å². The molecule has 0 radical (unpaired) electrons. The van der Waals surface area contributed by atoms with Crippen LogP contribution in [-0.2, 0) is 6.54 Å². The summed E-state index contributed by atoms with van der Waals surface area (Å²) in [7, 11) is 3.18. The molecule has 0 aliphatic carbocycles. The number of hydrogen-bond acceptors (Lipinski definition) is 4. The van der Waals surface area contributed by atoms with Crippen LogP contribution in [0.1, 0.15) is 25.0 Å². The van der Waals surface area contributed by atoms with Gasteiger partial charge in [-0.3, -0.25) is 4.90 Å². The number of rotatable bonds is 6. The summed E-state index contributed by atoms with van der Waals surface area (Å²) in [4.78, 5) is 2.25. The summed E-state index contributed by atoms with van der Waals surface area (Å²) in [5.74, 6) is 1.28. The number of ether oxygens (including phenoxy) is 2. The van der Waals surface area contributed by atoms with Gasteiger partial charge in [-0.2, -0.15) is 5.26 Å². The molecule has 1 aromatic carbocycles. The molecule has 0 spiro atoms. The molecule has 0 heterocycles. The van der Waals surface area contributed by atoms with Crippen LogP contribution in [0.3, 0.4) is 0 Å². The van der Waals surface area contributed by atoms with Gasteiger partial charge in [0.1, 0.15) is 17.6 Å². The second-order valence-corrected chi connectivity index (χ2v) is 3.94. The molecule has 0 unspecified atom stereocenters. The van der Waals surface area contributed by atoms with Crippen molar-refractivity contribution < 1.29 is 9.47 Å². The predicted octanol–water partition coefficient (Wildman–Crippen LogP) is 2.42. The van der Waals surface area contributed by atoms with E-state index in [1.165, 1.54) is 0 Å². The Labute approximate surface area is 109 Å². The molecule has 1 aromatic rings. The lowest BCUT2D eigenvalue weighted by molar-refractivity contribution is 0.294. The molecule has 18 heavy (non-hydrogen) atoms. The molecule has 4 nitrogen and oxygen atoms in total. The highest BCUT2D eigenvalue weighted by Gasteiger charge is 2.13. The van der Waals surface area contributed by atoms with Gasteiger partial charge in [0.15, 0.2) is 0 Å². The first kappa shape index (κ1) is 14.3. The second-order valence-electron chi connectivity index (χ2n) is 3.94. The van der Waals surface area contributed by atoms with Gasteiger partial charge in [0.2, 0.25) is 0 Å². The van der Waals surface area contributed by atoms with E-state index >= 15 is 0 Å². The molecule has 98 valence electrons. The highest BCUT2D eigenvalue weighted by molar-refractivity contribution is 5.53. The van der Waals surface area contributed by atoms with Gasteiger partial charge in [0.05, 0.1) is 19.8 Å². The summed E-state index contributed by atoms with van der Waals surface area (Å²) >= 11 is 0. The average Bonchev–Trinajstić information content (AvgIpc) is 2.43. The van der Waals surface area contributed by atoms with Gasteiger partial charge in [0, 0.05) is 12.6 Å². The maximum atomic E-state index is 9.26. The second kappa shape index (κ2) is 6.87. The number of methoxy groups -OCH3 is 2. The lowest BCUT2D eigenvalue weighted by atomic mass is 10.1. The molecule has 0 aliphatic heterocycles. The first-order valence-corrected chi connectivity index (χ1v) is 6.07. The Kier molecular flexibility index (Phi) is 5.47. The van der Waals surface area contributed by atoms with Gasteiger partial charge in [-0.05, 0) is 24.7 Å². The zero-order chi connectivity index (χ0) is 13.5. The molecule has 0 saturated heterocycles. The summed E-state index contributed by atoms with van der Waals surface area (Å²) in [6, 6.07) is 5.86. The van der Waals surface area contributed by atoms with Crippen molar-refractivity contribution in [3.8, 4) is 17.6 Å². The minimum absolute atomic E-state index is 0.569. The first-order valence-electron chi connectivity index (χ1n) is 6.07. The molecule has 0 N–H and O–H groups in total. The molecule has 0 atom stereocenters. The third kappa shape index (κ3) is 3.14. The summed E-state index contributed by atoms with van der Waals surface area (Å²) in [5.41, 5.74) is 1.53. The molecule has 0 amide bonds. The van der Waals surface area contributed by atoms with E-state index < -0.39 is 0 Å². The van der Waals surface area contributed by atoms with Crippen LogP contribution in [0.25, 0.3) is 0 Å². The van der Waals surface area contributed by atoms with Crippen molar-refractivity contribution in [3.63, 3.8) is 0 Å². The van der Waals surface area contributed by atoms with Crippen LogP contribution in [0.15, 0.2) is 12.1 Å². The van der Waals surface area contributed by atoms with Crippen LogP contribution < -0.4 is 9.47 Å². The van der Waals surface area contributed by atoms with Crippen LogP contribution in [0.5, 0.6) is 11.5 Å². The zero-order valence-corrected chi connectivity index (χ0v) is 11.5. The zero-order valence-electron chi connectivity index (χ0n) is 11.5. The SMILES string of the molecule is CCN(CC)Cc1cc(OC)cc(OC)c1C#N. The van der Waals surface area contributed by atoms with E-state index in [1.54, 1.807) is 20.3 Å². The van der Waals surface area contributed by atoms with E-state index in [1.807, 2.05) is 6.07 Å². The third-order valence-electron chi connectivity index (χ3n) is 3.01. The monoisotopic (exact) mass is 248 g/mol. The Balaban J connectivity index is 3.19. The lowest BCUT2D eigenvalue weighted by Gasteiger charge is -2.20. The number of nitriles is 1. The highest BCUT2D eigenvalue weighted by atomic mass is 16.5. The van der Waals surface area contributed by atoms with Crippen molar-refractivity contribution in [2.24, 2.45) is 0 Å². The Bertz CT molecular complexity index is 434. The molecule has 0 bridgehead atoms. The molecule has 4 heteroatoms. The Morgan fingerprint density at radius 3 is 2.28 bits per heavy atom. The standard InChI is InChI=1S/C14H20N2O2/c1-5-16(6-2)10-11-7-12(17-3)8-14(18-4)13(11)9-15/h7-8H,5-6,10H2,1-4H3. The van der Waals surface area contributed by atoms with E-state index in [9.17, 15) is 5.26 Å². The first-order chi connectivity index (χ1) is 8.69. The summed E-state index contributed by atoms with van der Waals surface area (Å²) in [5, 5.41) is 9.26. The number of nitrogens with zero attached hydrogens (tertiary/aromatic N) is 2. The van der Waals surface area contributed by atoms with Gasteiger partial charge < -0.3 is 9.47 Å². The molecule has 0 fully saturated rings. The minimum atomic E-state index is 0.569. The highest BCUT2D eigenvalue weighted by Crippen LogP contribution is 2.29. The van der Waals surface area contributed by atoms with Crippen LogP contribution in [0.4, 0.5) is 0 Å². The van der Waals surface area contributed by atoms with Crippen molar-refractivity contribution >= 4 is 0 Å². The van der Waals surface area contributed by atoms with Crippen molar-refractivity contribution in [2.75, 3.05) is 27.3 Å². The number of hydrogen-bond donors (Lipinski definition) is 0. The van der Waals surface area contributed by atoms with Gasteiger partial charge >= 0.3 is 0 Å². The molecule has 0 saturated carbocycles. The maximum absolute atomic E-state index is 9.26. The van der Waals surface area contributed by atoms with E-state index in [-0.39, 0.29) is 0 Å². The van der Waals surface area contributed by atoms with Gasteiger partial charge in [0.25, 0.3) is 0 Å². The smallest absolute Gasteiger partial charge is 0.140 e. The van der Waals surface area contributed by atoms with Crippen molar-refractivity contribution in [3.05, 3.63) is 23.3 Å². The van der Waals surface area contributed by atoms with Crippen LogP contribution >= 0.6 is 0 Å². The predicted molar refractivity (Wildman–Crippen MR) is 70.9 cm³/mol. The topological polar surface area (TPSA) is 45.5 Å². The molecular weight excluding hydrogens is 228 g/mol. The van der Waals surface area contributed by atoms with Gasteiger partial charge in [-0.1, -0.05) is 13.8 Å². The Morgan fingerprint density at radius 2 is 1.83 bits per heavy atom. The van der Waals surface area contributed by atoms with Crippen LogP contribution in [0.2, 0.25) is 0 Å². The van der Waals surface area contributed by atoms with E-state index in [0.717, 1.165) is 25.2 Å². The van der Waals surface area contributed by atoms with Crippen molar-refractivity contribution in [2.45, 2.75) is 20.4 Å². The van der Waals surface area contributed by atoms with Gasteiger partial charge in [-0.15, -0.1) is 0 Å². The Hall–Kier alpha value is -1.73. The molecule has 1 rings (SSSR count). The molecular formula is C14H20N2O2. The summed E-state index contributed by atoms with van der Waals surface area (Å²) < 4.78 is 10.5. The van der Waals surface area contributed by atoms with E-state index in [2.05, 4.69) is 24.8 Å². The lowest BCUT2D eigenvalue weighted by Crippen LogP contribution is -2.22. The number of benzene rings is 1. The third-order valence-corrected chi connectivity index (χ3v) is 3.01. The Morgan fingerprint density at radius 1 is 1.17 bits per heavy atom. The van der Waals surface area contributed by atoms with E-state index in [4.69, 9.17) is 9.47 Å². The van der Waals surface area contributed by atoms with E-state index in [0.29, 0.717) is 17.1 Å². The fourth-order valence-electron chi connectivity index (χ4n) is 1.86. The minimum Gasteiger partial charge on any atom is -0.497 e. The largest absolute Gasteiger partial charge is 0.497 e. The molecule has 0 aromatic heterocycles. The fraction of sp³-hybridized carbons (Fsp3) is 0.500. The molecule has 0 aliphatic rings. The summed E-state index contributed by atoms with van der Waals surface area (Å²) in [6.45, 7) is 6.82. The van der Waals surface area contributed by atoms with Crippen molar-refractivity contribution in [1.29, 1.82) is 5.26 Å². The van der Waals surface area contributed by atoms with Gasteiger partial charge in [-0.25, -0.2) is 0 Å².